The second-order valence-corrected chi connectivity index (χ2v) is 15.7. The van der Waals surface area contributed by atoms with E-state index >= 15 is 0 Å². The molecule has 3 atom stereocenters. The molecular formula is C36H30BrN3O4S2. The van der Waals surface area contributed by atoms with Gasteiger partial charge in [0, 0.05) is 21.0 Å². The molecule has 2 aliphatic rings. The molecule has 0 aliphatic carbocycles. The molecule has 10 heteroatoms. The third kappa shape index (κ3) is 5.42. The Morgan fingerprint density at radius 1 is 0.870 bits per heavy atom. The van der Waals surface area contributed by atoms with Crippen LogP contribution in [0.2, 0.25) is 0 Å². The molecular weight excluding hydrogens is 682 g/mol. The van der Waals surface area contributed by atoms with Crippen LogP contribution in [0.4, 0.5) is 11.4 Å². The number of rotatable bonds is 5. The van der Waals surface area contributed by atoms with Crippen molar-refractivity contribution in [3.8, 4) is 0 Å². The van der Waals surface area contributed by atoms with Crippen molar-refractivity contribution in [1.82, 2.24) is 4.57 Å². The van der Waals surface area contributed by atoms with Gasteiger partial charge in [-0.25, -0.2) is 4.90 Å². The predicted octanol–water partition coefficient (Wildman–Crippen LogP) is 7.56. The molecule has 4 aromatic carbocycles. The van der Waals surface area contributed by atoms with Crippen molar-refractivity contribution in [2.75, 3.05) is 10.2 Å². The minimum absolute atomic E-state index is 0.0707. The van der Waals surface area contributed by atoms with Crippen LogP contribution in [0.3, 0.4) is 0 Å². The van der Waals surface area contributed by atoms with E-state index in [9.17, 15) is 19.2 Å². The number of hydrogen-bond acceptors (Lipinski definition) is 6. The van der Waals surface area contributed by atoms with Crippen LogP contribution in [0, 0.1) is 5.92 Å². The summed E-state index contributed by atoms with van der Waals surface area (Å²) in [7, 11) is 0. The molecule has 5 aromatic rings. The third-order valence-electron chi connectivity index (χ3n) is 8.60. The van der Waals surface area contributed by atoms with Crippen LogP contribution in [0.1, 0.15) is 42.7 Å². The van der Waals surface area contributed by atoms with E-state index in [0.29, 0.717) is 21.3 Å². The third-order valence-corrected chi connectivity index (χ3v) is 11.7. The van der Waals surface area contributed by atoms with E-state index in [1.54, 1.807) is 24.3 Å². The Labute approximate surface area is 282 Å². The minimum atomic E-state index is -0.750. The summed E-state index contributed by atoms with van der Waals surface area (Å²) < 4.78 is 2.29. The van der Waals surface area contributed by atoms with E-state index < -0.39 is 17.1 Å². The van der Waals surface area contributed by atoms with Gasteiger partial charge in [0.05, 0.1) is 16.6 Å². The van der Waals surface area contributed by atoms with Gasteiger partial charge in [-0.15, -0.1) is 0 Å². The molecule has 1 saturated heterocycles. The molecule has 3 unspecified atom stereocenters. The fourth-order valence-electron chi connectivity index (χ4n) is 6.26. The highest BCUT2D eigenvalue weighted by molar-refractivity contribution is 9.10. The SMILES string of the molecule is CC(C)(C)c1ccc(C2c3sc(=O)n(CC(=O)Nc4ccc5ccccc5c4)c3SC3C(=O)N(c4ccc(Br)cc4)C(=O)C32)cc1. The number of aromatic nitrogens is 1. The molecule has 3 heterocycles. The van der Waals surface area contributed by atoms with Gasteiger partial charge in [0.2, 0.25) is 17.7 Å². The summed E-state index contributed by atoms with van der Waals surface area (Å²) in [6, 6.07) is 28.8. The van der Waals surface area contributed by atoms with Crippen LogP contribution in [0.25, 0.3) is 10.8 Å². The van der Waals surface area contributed by atoms with Crippen LogP contribution in [0.15, 0.2) is 105 Å². The van der Waals surface area contributed by atoms with Gasteiger partial charge >= 0.3 is 4.87 Å². The van der Waals surface area contributed by atoms with Gasteiger partial charge in [0.25, 0.3) is 0 Å². The molecule has 1 aromatic heterocycles. The number of thiazole rings is 1. The topological polar surface area (TPSA) is 88.5 Å². The molecule has 232 valence electrons. The van der Waals surface area contributed by atoms with Crippen molar-refractivity contribution in [3.63, 3.8) is 0 Å². The normalized spacial score (nSPS) is 19.3. The van der Waals surface area contributed by atoms with Crippen molar-refractivity contribution in [3.05, 3.63) is 121 Å². The van der Waals surface area contributed by atoms with Gasteiger partial charge in [0.15, 0.2) is 0 Å². The fraction of sp³-hybridized carbons (Fsp3) is 0.222. The Morgan fingerprint density at radius 3 is 2.26 bits per heavy atom. The molecule has 0 radical (unpaired) electrons. The molecule has 7 rings (SSSR count). The van der Waals surface area contributed by atoms with Crippen molar-refractivity contribution in [2.45, 2.75) is 48.9 Å². The van der Waals surface area contributed by atoms with E-state index in [1.165, 1.54) is 21.2 Å². The number of nitrogens with zero attached hydrogens (tertiary/aromatic N) is 2. The number of nitrogens with one attached hydrogen (secondary N) is 1. The van der Waals surface area contributed by atoms with Gasteiger partial charge in [-0.1, -0.05) is 114 Å². The lowest BCUT2D eigenvalue weighted by atomic mass is 9.81. The highest BCUT2D eigenvalue weighted by atomic mass is 79.9. The van der Waals surface area contributed by atoms with Crippen molar-refractivity contribution < 1.29 is 14.4 Å². The van der Waals surface area contributed by atoms with E-state index in [4.69, 9.17) is 0 Å². The highest BCUT2D eigenvalue weighted by Crippen LogP contribution is 2.54. The molecule has 0 saturated carbocycles. The summed E-state index contributed by atoms with van der Waals surface area (Å²) in [5, 5.41) is 4.79. The van der Waals surface area contributed by atoms with Gasteiger partial charge < -0.3 is 5.32 Å². The number of hydrogen-bond donors (Lipinski definition) is 1. The first-order chi connectivity index (χ1) is 22.0. The van der Waals surface area contributed by atoms with Gasteiger partial charge in [-0.05, 0) is 63.7 Å². The van der Waals surface area contributed by atoms with Crippen molar-refractivity contribution in [1.29, 1.82) is 0 Å². The van der Waals surface area contributed by atoms with E-state index in [2.05, 4.69) is 54.2 Å². The summed E-state index contributed by atoms with van der Waals surface area (Å²) in [5.41, 5.74) is 3.06. The Morgan fingerprint density at radius 2 is 1.57 bits per heavy atom. The maximum atomic E-state index is 14.2. The van der Waals surface area contributed by atoms with E-state index in [1.807, 2.05) is 54.6 Å². The quantitative estimate of drug-likeness (QED) is 0.190. The van der Waals surface area contributed by atoms with Crippen LogP contribution < -0.4 is 15.1 Å². The Hall–Kier alpha value is -3.99. The zero-order valence-corrected chi connectivity index (χ0v) is 28.5. The van der Waals surface area contributed by atoms with Crippen molar-refractivity contribution in [2.24, 2.45) is 5.92 Å². The lowest BCUT2D eigenvalue weighted by Crippen LogP contribution is -2.33. The zero-order chi connectivity index (χ0) is 32.3. The molecule has 3 amide bonds. The van der Waals surface area contributed by atoms with Crippen LogP contribution in [-0.4, -0.2) is 27.5 Å². The highest BCUT2D eigenvalue weighted by Gasteiger charge is 2.56. The van der Waals surface area contributed by atoms with Gasteiger partial charge in [0.1, 0.15) is 11.8 Å². The number of benzene rings is 4. The van der Waals surface area contributed by atoms with Crippen LogP contribution >= 0.6 is 39.0 Å². The van der Waals surface area contributed by atoms with Crippen LogP contribution in [0.5, 0.6) is 0 Å². The molecule has 0 spiro atoms. The second-order valence-electron chi connectivity index (χ2n) is 12.6. The van der Waals surface area contributed by atoms with E-state index in [-0.39, 0.29) is 34.6 Å². The van der Waals surface area contributed by atoms with E-state index in [0.717, 1.165) is 37.7 Å². The molecule has 1 N–H and O–H groups in total. The first-order valence-corrected chi connectivity index (χ1v) is 17.4. The first kappa shape index (κ1) is 30.7. The first-order valence-electron chi connectivity index (χ1n) is 14.9. The molecule has 46 heavy (non-hydrogen) atoms. The Kier molecular flexibility index (Phi) is 7.77. The average molecular weight is 713 g/mol. The summed E-state index contributed by atoms with van der Waals surface area (Å²) in [6.45, 7) is 6.20. The maximum Gasteiger partial charge on any atom is 0.308 e. The number of carbonyl (C=O) groups is 3. The number of thioether (sulfide) groups is 1. The number of halogens is 1. The lowest BCUT2D eigenvalue weighted by Gasteiger charge is -2.31. The molecule has 7 nitrogen and oxygen atoms in total. The molecule has 1 fully saturated rings. The number of fused-ring (bicyclic) bond motifs is 3. The summed E-state index contributed by atoms with van der Waals surface area (Å²) in [5.74, 6) is -2.18. The largest absolute Gasteiger partial charge is 0.325 e. The second kappa shape index (κ2) is 11.7. The van der Waals surface area contributed by atoms with Crippen LogP contribution in [-0.2, 0) is 26.3 Å². The van der Waals surface area contributed by atoms with Gasteiger partial charge in [-0.3, -0.25) is 23.7 Å². The number of imide groups is 1. The fourth-order valence-corrected chi connectivity index (χ4v) is 9.30. The lowest BCUT2D eigenvalue weighted by molar-refractivity contribution is -0.122. The Balaban J connectivity index is 1.27. The molecule has 2 aliphatic heterocycles. The maximum absolute atomic E-state index is 14.2. The average Bonchev–Trinajstić information content (AvgIpc) is 3.47. The van der Waals surface area contributed by atoms with Crippen molar-refractivity contribution >= 4 is 78.9 Å². The summed E-state index contributed by atoms with van der Waals surface area (Å²) in [4.78, 5) is 56.7. The minimum Gasteiger partial charge on any atom is -0.325 e. The monoisotopic (exact) mass is 711 g/mol. The smallest absolute Gasteiger partial charge is 0.308 e. The standard InChI is InChI=1S/C36H30BrN3O4S2/c1-36(2,3)23-11-8-21(9-12-23)28-29-30(33(43)40(32(29)42)26-16-13-24(37)14-17-26)45-34-31(28)46-35(44)39(34)19-27(41)38-25-15-10-20-6-4-5-7-22(20)18-25/h4-18,28-30H,19H2,1-3H3,(H,38,41). The summed E-state index contributed by atoms with van der Waals surface area (Å²) in [6.07, 6.45) is 0. The predicted molar refractivity (Wildman–Crippen MR) is 188 cm³/mol. The molecule has 0 bridgehead atoms. The number of amides is 3. The number of carbonyl (C=O) groups excluding carboxylic acids is 3. The van der Waals surface area contributed by atoms with Gasteiger partial charge in [-0.2, -0.15) is 0 Å². The number of anilines is 2. The zero-order valence-electron chi connectivity index (χ0n) is 25.3. The Bertz CT molecular complexity index is 2080. The summed E-state index contributed by atoms with van der Waals surface area (Å²) >= 11 is 5.69.